The summed E-state index contributed by atoms with van der Waals surface area (Å²) < 4.78 is 0. The summed E-state index contributed by atoms with van der Waals surface area (Å²) in [5, 5.41) is 0. The molecule has 0 fully saturated rings. The first-order valence-electron chi connectivity index (χ1n) is 24.0. The molecule has 0 amide bonds. The van der Waals surface area contributed by atoms with Crippen molar-refractivity contribution >= 4 is 40.5 Å². The number of anilines is 4. The minimum absolute atomic E-state index is 0.0865. The normalized spacial score (nSPS) is 20.8. The molecule has 2 nitrogen and oxygen atoms in total. The summed E-state index contributed by atoms with van der Waals surface area (Å²) >= 11 is 0. The molecule has 65 heavy (non-hydrogen) atoms. The van der Waals surface area contributed by atoms with Crippen molar-refractivity contribution in [2.24, 2.45) is 0 Å². The molecule has 13 rings (SSSR count). The predicted octanol–water partition coefficient (Wildman–Crippen LogP) is 15.2. The molecule has 318 valence electrons. The Hall–Kier alpha value is -6.64. The van der Waals surface area contributed by atoms with Crippen LogP contribution in [0, 0.1) is 0 Å². The van der Waals surface area contributed by atoms with Gasteiger partial charge in [-0.1, -0.05) is 173 Å². The van der Waals surface area contributed by atoms with Crippen molar-refractivity contribution in [3.05, 3.63) is 231 Å². The predicted molar refractivity (Wildman–Crippen MR) is 273 cm³/mol. The maximum absolute atomic E-state index is 2.68. The van der Waals surface area contributed by atoms with Gasteiger partial charge in [0.05, 0.1) is 5.54 Å². The van der Waals surface area contributed by atoms with Crippen LogP contribution < -0.4 is 9.80 Å². The number of aryl methyl sites for hydroxylation is 1. The van der Waals surface area contributed by atoms with E-state index in [2.05, 4.69) is 220 Å². The van der Waals surface area contributed by atoms with Crippen LogP contribution in [-0.2, 0) is 35.5 Å². The molecule has 1 atom stereocenters. The topological polar surface area (TPSA) is 6.48 Å². The first kappa shape index (κ1) is 38.8. The number of hydrogen-bond acceptors (Lipinski definition) is 2. The third-order valence-electron chi connectivity index (χ3n) is 16.7. The highest BCUT2D eigenvalue weighted by Crippen LogP contribution is 2.61. The van der Waals surface area contributed by atoms with Gasteiger partial charge in [0.2, 0.25) is 0 Å². The van der Waals surface area contributed by atoms with E-state index in [4.69, 9.17) is 0 Å². The lowest BCUT2D eigenvalue weighted by Gasteiger charge is -2.51. The Labute approximate surface area is 385 Å². The van der Waals surface area contributed by atoms with E-state index in [-0.39, 0.29) is 21.8 Å². The van der Waals surface area contributed by atoms with Crippen molar-refractivity contribution in [3.63, 3.8) is 0 Å². The second kappa shape index (κ2) is 13.7. The lowest BCUT2D eigenvalue weighted by Crippen LogP contribution is -2.48. The lowest BCUT2D eigenvalue weighted by molar-refractivity contribution is 0.460. The summed E-state index contributed by atoms with van der Waals surface area (Å²) in [6.07, 6.45) is 15.1. The average molecular weight is 841 g/mol. The van der Waals surface area contributed by atoms with Crippen LogP contribution in [0.1, 0.15) is 109 Å². The molecule has 6 aliphatic rings. The van der Waals surface area contributed by atoms with Crippen LogP contribution in [0.15, 0.2) is 169 Å². The second-order valence-electron chi connectivity index (χ2n) is 21.1. The largest absolute Gasteiger partial charge is 0.341 e. The summed E-state index contributed by atoms with van der Waals surface area (Å²) in [7, 11) is 0. The van der Waals surface area contributed by atoms with Gasteiger partial charge in [0.15, 0.2) is 0 Å². The Morgan fingerprint density at radius 2 is 1.02 bits per heavy atom. The Bertz CT molecular complexity index is 3190. The van der Waals surface area contributed by atoms with E-state index >= 15 is 0 Å². The molecule has 2 heterocycles. The van der Waals surface area contributed by atoms with Gasteiger partial charge >= 0.3 is 0 Å². The molecule has 0 bridgehead atoms. The van der Waals surface area contributed by atoms with Crippen molar-refractivity contribution in [1.82, 2.24) is 0 Å². The highest BCUT2D eigenvalue weighted by molar-refractivity contribution is 5.92. The van der Waals surface area contributed by atoms with Gasteiger partial charge in [0.1, 0.15) is 0 Å². The SMILES string of the molecule is CC1(C)c2cc(C=Cc3ccc4c(c3)C3(Cc5ccccc5C3)C3=C4C=CC(C)(N4c5ccccc5C(C)(C)c5ccccc54)C3)ccc2-c2ccc(N3CCCc4ccccc43)cc21. The summed E-state index contributed by atoms with van der Waals surface area (Å²) in [5.41, 5.74) is 26.1. The Morgan fingerprint density at radius 1 is 0.477 bits per heavy atom. The van der Waals surface area contributed by atoms with Crippen molar-refractivity contribution in [2.75, 3.05) is 16.3 Å². The van der Waals surface area contributed by atoms with Crippen molar-refractivity contribution < 1.29 is 0 Å². The van der Waals surface area contributed by atoms with E-state index < -0.39 is 0 Å². The molecular formula is C63H56N2. The number of benzene rings is 7. The minimum Gasteiger partial charge on any atom is -0.341 e. The third kappa shape index (κ3) is 5.53. The van der Waals surface area contributed by atoms with Crippen molar-refractivity contribution in [2.45, 2.75) is 88.5 Å². The van der Waals surface area contributed by atoms with Crippen LogP contribution in [0.4, 0.5) is 22.7 Å². The number of nitrogens with zero attached hydrogens (tertiary/aromatic N) is 2. The monoisotopic (exact) mass is 840 g/mol. The first-order chi connectivity index (χ1) is 31.5. The zero-order valence-electron chi connectivity index (χ0n) is 38.4. The number of rotatable bonds is 4. The summed E-state index contributed by atoms with van der Waals surface area (Å²) in [6, 6.07) is 58.1. The molecular weight excluding hydrogens is 785 g/mol. The zero-order valence-corrected chi connectivity index (χ0v) is 38.4. The van der Waals surface area contributed by atoms with Crippen LogP contribution in [0.2, 0.25) is 0 Å². The van der Waals surface area contributed by atoms with Gasteiger partial charge in [-0.3, -0.25) is 0 Å². The molecule has 0 N–H and O–H groups in total. The fourth-order valence-corrected chi connectivity index (χ4v) is 13.4. The van der Waals surface area contributed by atoms with E-state index in [1.54, 1.807) is 5.57 Å². The number of fused-ring (bicyclic) bond motifs is 11. The highest BCUT2D eigenvalue weighted by atomic mass is 15.2. The fraction of sp³-hybridized carbons (Fsp3) is 0.238. The average Bonchev–Trinajstić information content (AvgIpc) is 3.92. The Morgan fingerprint density at radius 3 is 1.69 bits per heavy atom. The molecule has 4 aliphatic carbocycles. The highest BCUT2D eigenvalue weighted by Gasteiger charge is 2.53. The number of allylic oxidation sites excluding steroid dienone is 2. The van der Waals surface area contributed by atoms with E-state index in [1.165, 1.54) is 107 Å². The number of para-hydroxylation sites is 3. The van der Waals surface area contributed by atoms with Gasteiger partial charge in [-0.2, -0.15) is 0 Å². The van der Waals surface area contributed by atoms with Crippen molar-refractivity contribution in [1.29, 1.82) is 0 Å². The summed E-state index contributed by atoms with van der Waals surface area (Å²) in [6.45, 7) is 13.1. The van der Waals surface area contributed by atoms with Gasteiger partial charge in [-0.05, 0) is 153 Å². The molecule has 7 aromatic carbocycles. The zero-order chi connectivity index (χ0) is 43.9. The Kier molecular flexibility index (Phi) is 8.17. The molecule has 0 radical (unpaired) electrons. The molecule has 0 saturated heterocycles. The van der Waals surface area contributed by atoms with E-state index in [0.717, 1.165) is 32.2 Å². The maximum Gasteiger partial charge on any atom is 0.0646 e. The van der Waals surface area contributed by atoms with Crippen LogP contribution in [0.5, 0.6) is 0 Å². The quantitative estimate of drug-likeness (QED) is 0.163. The van der Waals surface area contributed by atoms with Gasteiger partial charge < -0.3 is 9.80 Å². The standard InChI is InChI=1S/C63H56N2/c1-60(2)51-19-9-12-22-58(51)65(59-23-13-10-20-52(59)60)62(5)33-32-50-49-30-27-42(36-55(49)63(56(50)40-62)38-44-16-6-7-17-45(44)39-63)25-24-41-26-29-47-48-31-28-46(37-54(48)61(3,4)53(47)35-41)64-34-14-18-43-15-8-11-21-57(43)64/h6-13,15-17,19-33,35-37H,14,18,34,38-40H2,1-5H3. The van der Waals surface area contributed by atoms with Crippen LogP contribution in [0.25, 0.3) is 28.9 Å². The summed E-state index contributed by atoms with van der Waals surface area (Å²) in [5.74, 6) is 0. The molecule has 1 spiro atoms. The molecule has 2 aliphatic heterocycles. The lowest BCUT2D eigenvalue weighted by atomic mass is 9.68. The van der Waals surface area contributed by atoms with Gasteiger partial charge in [0.25, 0.3) is 0 Å². The van der Waals surface area contributed by atoms with Gasteiger partial charge in [0, 0.05) is 45.5 Å². The first-order valence-corrected chi connectivity index (χ1v) is 24.0. The molecule has 1 unspecified atom stereocenters. The van der Waals surface area contributed by atoms with Crippen LogP contribution >= 0.6 is 0 Å². The second-order valence-corrected chi connectivity index (χ2v) is 21.1. The molecule has 0 aromatic heterocycles. The smallest absolute Gasteiger partial charge is 0.0646 e. The van der Waals surface area contributed by atoms with E-state index in [9.17, 15) is 0 Å². The van der Waals surface area contributed by atoms with Gasteiger partial charge in [-0.25, -0.2) is 0 Å². The molecule has 0 saturated carbocycles. The van der Waals surface area contributed by atoms with Crippen molar-refractivity contribution in [3.8, 4) is 11.1 Å². The minimum atomic E-state index is -0.254. The molecule has 2 heteroatoms. The van der Waals surface area contributed by atoms with Gasteiger partial charge in [-0.15, -0.1) is 0 Å². The third-order valence-corrected chi connectivity index (χ3v) is 16.7. The maximum atomic E-state index is 2.68. The van der Waals surface area contributed by atoms with Crippen LogP contribution in [-0.4, -0.2) is 12.1 Å². The van der Waals surface area contributed by atoms with Crippen LogP contribution in [0.3, 0.4) is 0 Å². The fourth-order valence-electron chi connectivity index (χ4n) is 13.4. The van der Waals surface area contributed by atoms with E-state index in [1.807, 2.05) is 0 Å². The Balaban J connectivity index is 0.840. The number of hydrogen-bond donors (Lipinski definition) is 0. The van der Waals surface area contributed by atoms with E-state index in [0.29, 0.717) is 0 Å². The summed E-state index contributed by atoms with van der Waals surface area (Å²) in [4.78, 5) is 5.21. The molecule has 7 aromatic rings.